The Morgan fingerprint density at radius 1 is 0.929 bits per heavy atom. The molecule has 0 spiro atoms. The van der Waals surface area contributed by atoms with E-state index in [1.807, 2.05) is 32.9 Å². The van der Waals surface area contributed by atoms with Crippen molar-refractivity contribution < 1.29 is 22.4 Å². The van der Waals surface area contributed by atoms with E-state index in [0.29, 0.717) is 5.69 Å². The van der Waals surface area contributed by atoms with Crippen molar-refractivity contribution in [2.75, 3.05) is 10.8 Å². The van der Waals surface area contributed by atoms with Gasteiger partial charge in [-0.3, -0.25) is 13.9 Å². The minimum Gasteiger partial charge on any atom is -0.352 e. The second-order valence-corrected chi connectivity index (χ2v) is 13.2. The van der Waals surface area contributed by atoms with Crippen molar-refractivity contribution in [3.63, 3.8) is 0 Å². The smallest absolute Gasteiger partial charge is 0.264 e. The summed E-state index contributed by atoms with van der Waals surface area (Å²) < 4.78 is 43.8. The van der Waals surface area contributed by atoms with E-state index < -0.39 is 34.3 Å². The molecule has 4 rings (SSSR count). The first-order valence-electron chi connectivity index (χ1n) is 14.5. The maximum Gasteiger partial charge on any atom is 0.264 e. The molecule has 7 nitrogen and oxygen atoms in total. The number of sulfonamides is 1. The molecular weight excluding hydrogens is 553 g/mol. The van der Waals surface area contributed by atoms with Crippen LogP contribution in [0.4, 0.5) is 10.1 Å². The zero-order valence-electron chi connectivity index (χ0n) is 24.7. The van der Waals surface area contributed by atoms with Crippen molar-refractivity contribution in [3.05, 3.63) is 95.3 Å². The molecule has 42 heavy (non-hydrogen) atoms. The number of nitrogens with one attached hydrogen (secondary N) is 1. The maximum absolute atomic E-state index is 14.7. The Bertz CT molecular complexity index is 1480. The number of carbonyl (C=O) groups is 2. The fourth-order valence-electron chi connectivity index (χ4n) is 5.18. The third-order valence-electron chi connectivity index (χ3n) is 7.90. The number of carbonyl (C=O) groups excluding carboxylic acids is 2. The number of hydrogen-bond acceptors (Lipinski definition) is 4. The predicted molar refractivity (Wildman–Crippen MR) is 163 cm³/mol. The molecule has 3 aromatic rings. The standard InChI is InChI=1S/C33H40FN3O4S/c1-23(2)26-15-17-29(18-16-26)37(42(40,41)30-19-13-24(3)14-20-30)22-32(38)36(21-27-9-5-8-12-31(27)34)25(4)33(39)35-28-10-6-7-11-28/h5,8-9,12-20,23,25,28H,6-7,10-11,21-22H2,1-4H3,(H,35,39). The molecule has 0 saturated heterocycles. The Kier molecular flexibility index (Phi) is 10.0. The number of aryl methyl sites for hydroxylation is 1. The van der Waals surface area contributed by atoms with Crippen molar-refractivity contribution in [2.24, 2.45) is 0 Å². The summed E-state index contributed by atoms with van der Waals surface area (Å²) in [5, 5.41) is 3.02. The summed E-state index contributed by atoms with van der Waals surface area (Å²) in [4.78, 5) is 28.7. The maximum atomic E-state index is 14.7. The average Bonchev–Trinajstić information content (AvgIpc) is 3.48. The van der Waals surface area contributed by atoms with Gasteiger partial charge in [-0.1, -0.05) is 74.7 Å². The summed E-state index contributed by atoms with van der Waals surface area (Å²) in [6.07, 6.45) is 3.79. The quantitative estimate of drug-likeness (QED) is 0.299. The number of halogens is 1. The summed E-state index contributed by atoms with van der Waals surface area (Å²) in [5.74, 6) is -1.23. The fraction of sp³-hybridized carbons (Fsp3) is 0.394. The Balaban J connectivity index is 1.70. The van der Waals surface area contributed by atoms with E-state index in [1.165, 1.54) is 23.1 Å². The van der Waals surface area contributed by atoms with E-state index in [4.69, 9.17) is 0 Å². The first-order chi connectivity index (χ1) is 20.0. The molecule has 1 fully saturated rings. The van der Waals surface area contributed by atoms with E-state index in [2.05, 4.69) is 5.32 Å². The first kappa shape index (κ1) is 31.2. The van der Waals surface area contributed by atoms with Crippen molar-refractivity contribution in [3.8, 4) is 0 Å². The molecular formula is C33H40FN3O4S. The predicted octanol–water partition coefficient (Wildman–Crippen LogP) is 5.93. The van der Waals surface area contributed by atoms with Gasteiger partial charge in [0.1, 0.15) is 18.4 Å². The monoisotopic (exact) mass is 593 g/mol. The third kappa shape index (κ3) is 7.37. The lowest BCUT2D eigenvalue weighted by Crippen LogP contribution is -2.52. The molecule has 1 aliphatic carbocycles. The number of nitrogens with zero attached hydrogens (tertiary/aromatic N) is 2. The van der Waals surface area contributed by atoms with E-state index in [-0.39, 0.29) is 34.9 Å². The van der Waals surface area contributed by atoms with Gasteiger partial charge in [0.25, 0.3) is 10.0 Å². The van der Waals surface area contributed by atoms with Crippen LogP contribution in [0.3, 0.4) is 0 Å². The van der Waals surface area contributed by atoms with Crippen molar-refractivity contribution in [1.29, 1.82) is 0 Å². The summed E-state index contributed by atoms with van der Waals surface area (Å²) in [6.45, 7) is 6.79. The normalized spacial score (nSPS) is 14.5. The van der Waals surface area contributed by atoms with Crippen LogP contribution in [0, 0.1) is 12.7 Å². The van der Waals surface area contributed by atoms with E-state index >= 15 is 0 Å². The summed E-state index contributed by atoms with van der Waals surface area (Å²) in [6, 6.07) is 18.6. The van der Waals surface area contributed by atoms with Crippen LogP contribution in [0.25, 0.3) is 0 Å². The molecule has 1 aliphatic rings. The Hall–Kier alpha value is -3.72. The third-order valence-corrected chi connectivity index (χ3v) is 9.69. The summed E-state index contributed by atoms with van der Waals surface area (Å²) in [7, 11) is -4.17. The minimum absolute atomic E-state index is 0.0308. The van der Waals surface area contributed by atoms with Gasteiger partial charge in [-0.25, -0.2) is 12.8 Å². The van der Waals surface area contributed by atoms with Crippen LogP contribution in [0.1, 0.15) is 69.1 Å². The highest BCUT2D eigenvalue weighted by Crippen LogP contribution is 2.27. The highest BCUT2D eigenvalue weighted by molar-refractivity contribution is 7.92. The van der Waals surface area contributed by atoms with Gasteiger partial charge >= 0.3 is 0 Å². The van der Waals surface area contributed by atoms with Gasteiger partial charge in [0.05, 0.1) is 10.6 Å². The first-order valence-corrected chi connectivity index (χ1v) is 15.9. The van der Waals surface area contributed by atoms with Gasteiger partial charge in [-0.2, -0.15) is 0 Å². The molecule has 0 aliphatic heterocycles. The topological polar surface area (TPSA) is 86.8 Å². The molecule has 9 heteroatoms. The van der Waals surface area contributed by atoms with Crippen LogP contribution in [0.2, 0.25) is 0 Å². The van der Waals surface area contributed by atoms with Crippen molar-refractivity contribution in [2.45, 2.75) is 82.8 Å². The highest BCUT2D eigenvalue weighted by Gasteiger charge is 2.33. The lowest BCUT2D eigenvalue weighted by molar-refractivity contribution is -0.139. The zero-order chi connectivity index (χ0) is 30.4. The number of anilines is 1. The number of amides is 2. The van der Waals surface area contributed by atoms with Gasteiger partial charge in [-0.15, -0.1) is 0 Å². The lowest BCUT2D eigenvalue weighted by atomic mass is 10.0. The van der Waals surface area contributed by atoms with Crippen molar-refractivity contribution in [1.82, 2.24) is 10.2 Å². The van der Waals surface area contributed by atoms with Gasteiger partial charge in [0.15, 0.2) is 0 Å². The number of benzene rings is 3. The molecule has 3 aromatic carbocycles. The molecule has 224 valence electrons. The average molecular weight is 594 g/mol. The second-order valence-electron chi connectivity index (χ2n) is 11.3. The van der Waals surface area contributed by atoms with Crippen LogP contribution in [0.5, 0.6) is 0 Å². The van der Waals surface area contributed by atoms with Gasteiger partial charge in [0, 0.05) is 18.2 Å². The minimum atomic E-state index is -4.17. The Morgan fingerprint density at radius 3 is 2.14 bits per heavy atom. The van der Waals surface area contributed by atoms with E-state index in [9.17, 15) is 22.4 Å². The van der Waals surface area contributed by atoms with Crippen LogP contribution in [0.15, 0.2) is 77.7 Å². The van der Waals surface area contributed by atoms with Crippen LogP contribution >= 0.6 is 0 Å². The largest absolute Gasteiger partial charge is 0.352 e. The van der Waals surface area contributed by atoms with E-state index in [1.54, 1.807) is 49.4 Å². The van der Waals surface area contributed by atoms with Gasteiger partial charge in [0.2, 0.25) is 11.8 Å². The number of rotatable bonds is 11. The van der Waals surface area contributed by atoms with Crippen LogP contribution < -0.4 is 9.62 Å². The van der Waals surface area contributed by atoms with Crippen LogP contribution in [-0.4, -0.2) is 43.8 Å². The Labute approximate surface area is 248 Å². The molecule has 2 amide bonds. The Morgan fingerprint density at radius 2 is 1.55 bits per heavy atom. The van der Waals surface area contributed by atoms with Crippen LogP contribution in [-0.2, 0) is 26.2 Å². The summed E-state index contributed by atoms with van der Waals surface area (Å²) in [5.41, 5.74) is 2.48. The van der Waals surface area contributed by atoms with Gasteiger partial charge < -0.3 is 10.2 Å². The zero-order valence-corrected chi connectivity index (χ0v) is 25.5. The lowest BCUT2D eigenvalue weighted by Gasteiger charge is -2.32. The van der Waals surface area contributed by atoms with Gasteiger partial charge in [-0.05, 0) is 68.5 Å². The SMILES string of the molecule is Cc1ccc(S(=O)(=O)N(CC(=O)N(Cc2ccccc2F)C(C)C(=O)NC2CCCC2)c2ccc(C(C)C)cc2)cc1. The molecule has 1 unspecified atom stereocenters. The van der Waals surface area contributed by atoms with Crippen molar-refractivity contribution >= 4 is 27.5 Å². The molecule has 0 heterocycles. The second kappa shape index (κ2) is 13.5. The molecule has 0 radical (unpaired) electrons. The molecule has 1 N–H and O–H groups in total. The molecule has 0 bridgehead atoms. The van der Waals surface area contributed by atoms with E-state index in [0.717, 1.165) is 41.1 Å². The molecule has 1 atom stereocenters. The fourth-order valence-corrected chi connectivity index (χ4v) is 6.59. The number of hydrogen-bond donors (Lipinski definition) is 1. The molecule has 1 saturated carbocycles. The highest BCUT2D eigenvalue weighted by atomic mass is 32.2. The summed E-state index contributed by atoms with van der Waals surface area (Å²) >= 11 is 0. The molecule has 0 aromatic heterocycles.